The highest BCUT2D eigenvalue weighted by Gasteiger charge is 2.20. The van der Waals surface area contributed by atoms with Gasteiger partial charge in [-0.15, -0.1) is 0 Å². The molecule has 1 saturated heterocycles. The molecule has 1 aromatic carbocycles. The highest BCUT2D eigenvalue weighted by Crippen LogP contribution is 2.16. The molecule has 1 aliphatic heterocycles. The van der Waals surface area contributed by atoms with E-state index < -0.39 is 0 Å². The number of carbonyl (C=O) groups excluding carboxylic acids is 1. The molecule has 0 radical (unpaired) electrons. The molecule has 19 heavy (non-hydrogen) atoms. The van der Waals surface area contributed by atoms with E-state index in [-0.39, 0.29) is 5.91 Å². The van der Waals surface area contributed by atoms with Crippen molar-refractivity contribution in [3.8, 4) is 0 Å². The van der Waals surface area contributed by atoms with Crippen LogP contribution in [0.3, 0.4) is 0 Å². The third-order valence-electron chi connectivity index (χ3n) is 3.36. The van der Waals surface area contributed by atoms with E-state index in [9.17, 15) is 4.79 Å². The zero-order valence-electron chi connectivity index (χ0n) is 11.0. The quantitative estimate of drug-likeness (QED) is 0.780. The predicted octanol–water partition coefficient (Wildman–Crippen LogP) is 1.68. The van der Waals surface area contributed by atoms with Gasteiger partial charge in [0.25, 0.3) is 5.91 Å². The van der Waals surface area contributed by atoms with Crippen molar-refractivity contribution in [2.24, 2.45) is 0 Å². The minimum Gasteiger partial charge on any atom is -0.359 e. The number of amides is 1. The number of fused-ring (bicyclic) bond motifs is 1. The van der Waals surface area contributed by atoms with Crippen LogP contribution in [0.4, 0.5) is 0 Å². The first kappa shape index (κ1) is 12.0. The lowest BCUT2D eigenvalue weighted by molar-refractivity contribution is 0.0695. The van der Waals surface area contributed by atoms with E-state index in [1.54, 1.807) is 17.0 Å². The summed E-state index contributed by atoms with van der Waals surface area (Å²) in [6, 6.07) is 5.45. The number of hydrogen-bond acceptors (Lipinski definition) is 4. The molecule has 0 spiro atoms. The third kappa shape index (κ3) is 2.17. The van der Waals surface area contributed by atoms with Gasteiger partial charge in [-0.1, -0.05) is 0 Å². The molecule has 0 saturated carbocycles. The molecular formula is C14H15N3O2. The molecule has 5 nitrogen and oxygen atoms in total. The smallest absolute Gasteiger partial charge is 0.255 e. The van der Waals surface area contributed by atoms with Gasteiger partial charge in [0.2, 0.25) is 0 Å². The van der Waals surface area contributed by atoms with Gasteiger partial charge in [0.15, 0.2) is 0 Å². The molecule has 1 aromatic heterocycles. The van der Waals surface area contributed by atoms with E-state index in [1.165, 1.54) is 0 Å². The Kier molecular flexibility index (Phi) is 2.91. The van der Waals surface area contributed by atoms with Crippen molar-refractivity contribution in [2.45, 2.75) is 13.8 Å². The average molecular weight is 257 g/mol. The first-order valence-corrected chi connectivity index (χ1v) is 6.27. The maximum Gasteiger partial charge on any atom is 0.255 e. The molecule has 2 aromatic rings. The molecule has 0 unspecified atom stereocenters. The molecule has 0 atom stereocenters. The highest BCUT2D eigenvalue weighted by atomic mass is 16.5. The summed E-state index contributed by atoms with van der Waals surface area (Å²) in [5, 5.41) is 0. The van der Waals surface area contributed by atoms with Gasteiger partial charge in [0, 0.05) is 12.1 Å². The fourth-order valence-corrected chi connectivity index (χ4v) is 2.12. The SMILES string of the molecule is Cc1nc2ccc(C(=O)N3CCOC3)cc2nc1C. The van der Waals surface area contributed by atoms with E-state index in [2.05, 4.69) is 9.97 Å². The summed E-state index contributed by atoms with van der Waals surface area (Å²) in [5.41, 5.74) is 4.02. The van der Waals surface area contributed by atoms with Crippen molar-refractivity contribution in [3.63, 3.8) is 0 Å². The minimum atomic E-state index is -0.0144. The zero-order chi connectivity index (χ0) is 13.4. The molecule has 98 valence electrons. The van der Waals surface area contributed by atoms with Crippen molar-refractivity contribution in [3.05, 3.63) is 35.2 Å². The van der Waals surface area contributed by atoms with Gasteiger partial charge in [-0.25, -0.2) is 9.97 Å². The summed E-state index contributed by atoms with van der Waals surface area (Å²) >= 11 is 0. The number of rotatable bonds is 1. The molecule has 1 amide bonds. The second kappa shape index (κ2) is 4.59. The van der Waals surface area contributed by atoms with Gasteiger partial charge in [0.1, 0.15) is 6.73 Å². The van der Waals surface area contributed by atoms with Crippen molar-refractivity contribution in [2.75, 3.05) is 19.9 Å². The van der Waals surface area contributed by atoms with Crippen LogP contribution in [0.15, 0.2) is 18.2 Å². The van der Waals surface area contributed by atoms with Gasteiger partial charge >= 0.3 is 0 Å². The Morgan fingerprint density at radius 1 is 1.21 bits per heavy atom. The van der Waals surface area contributed by atoms with Crippen LogP contribution < -0.4 is 0 Å². The Hall–Kier alpha value is -2.01. The van der Waals surface area contributed by atoms with E-state index >= 15 is 0 Å². The van der Waals surface area contributed by atoms with E-state index in [4.69, 9.17) is 4.74 Å². The fourth-order valence-electron chi connectivity index (χ4n) is 2.12. The molecule has 3 rings (SSSR count). The summed E-state index contributed by atoms with van der Waals surface area (Å²) in [6.07, 6.45) is 0. The fraction of sp³-hybridized carbons (Fsp3) is 0.357. The molecule has 0 aliphatic carbocycles. The van der Waals surface area contributed by atoms with Gasteiger partial charge < -0.3 is 9.64 Å². The van der Waals surface area contributed by atoms with Crippen LogP contribution in [0, 0.1) is 13.8 Å². The normalized spacial score (nSPS) is 15.2. The Morgan fingerprint density at radius 3 is 2.63 bits per heavy atom. The molecule has 0 bridgehead atoms. The Balaban J connectivity index is 2.01. The van der Waals surface area contributed by atoms with Crippen molar-refractivity contribution in [1.82, 2.24) is 14.9 Å². The standard InChI is InChI=1S/C14H15N3O2/c1-9-10(2)16-13-7-11(3-4-12(13)15-9)14(18)17-5-6-19-8-17/h3-4,7H,5-6,8H2,1-2H3. The lowest BCUT2D eigenvalue weighted by atomic mass is 10.1. The van der Waals surface area contributed by atoms with Crippen LogP contribution in [-0.2, 0) is 4.74 Å². The Bertz CT molecular complexity index is 648. The third-order valence-corrected chi connectivity index (χ3v) is 3.36. The second-order valence-corrected chi connectivity index (χ2v) is 4.70. The van der Waals surface area contributed by atoms with Gasteiger partial charge in [-0.3, -0.25) is 4.79 Å². The first-order chi connectivity index (χ1) is 9.15. The number of aryl methyl sites for hydroxylation is 2. The van der Waals surface area contributed by atoms with Crippen LogP contribution in [0.25, 0.3) is 11.0 Å². The maximum absolute atomic E-state index is 12.2. The predicted molar refractivity (Wildman–Crippen MR) is 70.9 cm³/mol. The highest BCUT2D eigenvalue weighted by molar-refractivity contribution is 5.97. The summed E-state index contributed by atoms with van der Waals surface area (Å²) in [5.74, 6) is -0.0144. The summed E-state index contributed by atoms with van der Waals surface area (Å²) in [4.78, 5) is 22.9. The molecule has 1 fully saturated rings. The van der Waals surface area contributed by atoms with Crippen molar-refractivity contribution < 1.29 is 9.53 Å². The lowest BCUT2D eigenvalue weighted by Gasteiger charge is -2.13. The molecule has 0 N–H and O–H groups in total. The molecular weight excluding hydrogens is 242 g/mol. The van der Waals surface area contributed by atoms with Crippen LogP contribution in [0.1, 0.15) is 21.7 Å². The number of nitrogens with zero attached hydrogens (tertiary/aromatic N) is 3. The number of hydrogen-bond donors (Lipinski definition) is 0. The largest absolute Gasteiger partial charge is 0.359 e. The first-order valence-electron chi connectivity index (χ1n) is 6.27. The Morgan fingerprint density at radius 2 is 1.95 bits per heavy atom. The number of carbonyl (C=O) groups is 1. The zero-order valence-corrected chi connectivity index (χ0v) is 11.0. The Labute approximate surface area is 111 Å². The van der Waals surface area contributed by atoms with Gasteiger partial charge in [-0.2, -0.15) is 0 Å². The number of benzene rings is 1. The van der Waals surface area contributed by atoms with Crippen molar-refractivity contribution >= 4 is 16.9 Å². The van der Waals surface area contributed by atoms with Crippen molar-refractivity contribution in [1.29, 1.82) is 0 Å². The molecule has 1 aliphatic rings. The average Bonchev–Trinajstić information content (AvgIpc) is 2.93. The minimum absolute atomic E-state index is 0.0144. The summed E-state index contributed by atoms with van der Waals surface area (Å²) < 4.78 is 5.20. The van der Waals surface area contributed by atoms with E-state index in [1.807, 2.05) is 19.9 Å². The van der Waals surface area contributed by atoms with E-state index in [0.717, 1.165) is 22.4 Å². The number of ether oxygens (including phenoxy) is 1. The van der Waals surface area contributed by atoms with Gasteiger partial charge in [-0.05, 0) is 32.0 Å². The lowest BCUT2D eigenvalue weighted by Crippen LogP contribution is -2.28. The number of aromatic nitrogens is 2. The van der Waals surface area contributed by atoms with Gasteiger partial charge in [0.05, 0.1) is 29.0 Å². The van der Waals surface area contributed by atoms with Crippen LogP contribution >= 0.6 is 0 Å². The maximum atomic E-state index is 12.2. The topological polar surface area (TPSA) is 55.3 Å². The second-order valence-electron chi connectivity index (χ2n) is 4.70. The monoisotopic (exact) mass is 257 g/mol. The molecule has 5 heteroatoms. The van der Waals surface area contributed by atoms with Crippen LogP contribution in [0.2, 0.25) is 0 Å². The summed E-state index contributed by atoms with van der Waals surface area (Å²) in [6.45, 7) is 5.48. The van der Waals surface area contributed by atoms with Crippen LogP contribution in [0.5, 0.6) is 0 Å². The molecule has 2 heterocycles. The summed E-state index contributed by atoms with van der Waals surface area (Å²) in [7, 11) is 0. The van der Waals surface area contributed by atoms with Crippen LogP contribution in [-0.4, -0.2) is 40.7 Å². The van der Waals surface area contributed by atoms with E-state index in [0.29, 0.717) is 25.4 Å².